The van der Waals surface area contributed by atoms with Crippen LogP contribution in [-0.2, 0) is 16.2 Å². The van der Waals surface area contributed by atoms with E-state index in [4.69, 9.17) is 5.73 Å². The second kappa shape index (κ2) is 9.77. The standard InChI is InChI=1S/C23H27F4N5O3S/c1-16-15-31(21-6-5-17(24)13-20(21)23(25,26)27)11-12-32(16)36(34,35)19-4-2-3-18(14-19)29-7-9-30(10-8-29)22(28)33/h2-6,13-14,16H,7-12,15H2,1H3,(H2,28,33)/t16-/m1/s1. The molecule has 13 heteroatoms. The number of hydrogen-bond acceptors (Lipinski definition) is 5. The van der Waals surface area contributed by atoms with Gasteiger partial charge >= 0.3 is 12.2 Å². The Kier molecular flexibility index (Phi) is 7.06. The quantitative estimate of drug-likeness (QED) is 0.616. The molecular formula is C23H27F4N5O3S. The summed E-state index contributed by atoms with van der Waals surface area (Å²) >= 11 is 0. The summed E-state index contributed by atoms with van der Waals surface area (Å²) in [6, 6.07) is 7.85. The third-order valence-electron chi connectivity index (χ3n) is 6.55. The zero-order valence-corrected chi connectivity index (χ0v) is 20.4. The highest BCUT2D eigenvalue weighted by molar-refractivity contribution is 7.89. The number of rotatable bonds is 4. The Bertz CT molecular complexity index is 1230. The van der Waals surface area contributed by atoms with Gasteiger partial charge in [-0.25, -0.2) is 17.6 Å². The Balaban J connectivity index is 1.51. The number of carbonyl (C=O) groups excluding carboxylic acids is 1. The van der Waals surface area contributed by atoms with Gasteiger partial charge in [0.1, 0.15) is 5.82 Å². The largest absolute Gasteiger partial charge is 0.418 e. The average Bonchev–Trinajstić information content (AvgIpc) is 2.83. The molecule has 0 aliphatic carbocycles. The molecule has 1 atom stereocenters. The number of benzene rings is 2. The molecule has 2 heterocycles. The summed E-state index contributed by atoms with van der Waals surface area (Å²) in [6.45, 7) is 3.49. The Morgan fingerprint density at radius 2 is 1.64 bits per heavy atom. The van der Waals surface area contributed by atoms with Gasteiger partial charge in [-0.1, -0.05) is 6.07 Å². The monoisotopic (exact) mass is 529 g/mol. The molecule has 2 aliphatic rings. The highest BCUT2D eigenvalue weighted by atomic mass is 32.2. The maximum atomic E-state index is 13.5. The van der Waals surface area contributed by atoms with Crippen LogP contribution in [0.25, 0.3) is 0 Å². The molecule has 0 unspecified atom stereocenters. The molecule has 0 saturated carbocycles. The second-order valence-electron chi connectivity index (χ2n) is 8.88. The Morgan fingerprint density at radius 1 is 0.972 bits per heavy atom. The SMILES string of the molecule is C[C@@H]1CN(c2ccc(F)cc2C(F)(F)F)CCN1S(=O)(=O)c1cccc(N2CCN(C(N)=O)CC2)c1. The minimum absolute atomic E-state index is 0.0166. The van der Waals surface area contributed by atoms with E-state index in [2.05, 4.69) is 0 Å². The zero-order chi connectivity index (χ0) is 26.3. The van der Waals surface area contributed by atoms with Gasteiger partial charge in [0, 0.05) is 63.2 Å². The van der Waals surface area contributed by atoms with Gasteiger partial charge in [0.05, 0.1) is 10.5 Å². The number of sulfonamides is 1. The summed E-state index contributed by atoms with van der Waals surface area (Å²) in [5.41, 5.74) is 4.74. The van der Waals surface area contributed by atoms with Gasteiger partial charge in [0.15, 0.2) is 0 Å². The molecule has 2 saturated heterocycles. The smallest absolute Gasteiger partial charge is 0.368 e. The number of piperazine rings is 2. The molecule has 196 valence electrons. The molecule has 2 aromatic rings. The van der Waals surface area contributed by atoms with Crippen molar-refractivity contribution < 1.29 is 30.8 Å². The molecule has 36 heavy (non-hydrogen) atoms. The van der Waals surface area contributed by atoms with E-state index in [0.29, 0.717) is 37.9 Å². The predicted octanol–water partition coefficient (Wildman–Crippen LogP) is 2.94. The number of nitrogens with two attached hydrogens (primary N) is 1. The van der Waals surface area contributed by atoms with Crippen molar-refractivity contribution in [3.8, 4) is 0 Å². The summed E-state index contributed by atoms with van der Waals surface area (Å²) in [7, 11) is -3.93. The van der Waals surface area contributed by atoms with E-state index in [1.165, 1.54) is 20.2 Å². The molecular weight excluding hydrogens is 502 g/mol. The van der Waals surface area contributed by atoms with Gasteiger partial charge in [0.25, 0.3) is 0 Å². The van der Waals surface area contributed by atoms with Crippen LogP contribution in [0, 0.1) is 5.82 Å². The fourth-order valence-electron chi connectivity index (χ4n) is 4.69. The zero-order valence-electron chi connectivity index (χ0n) is 19.6. The first-order valence-corrected chi connectivity index (χ1v) is 12.8. The molecule has 8 nitrogen and oxygen atoms in total. The van der Waals surface area contributed by atoms with E-state index in [-0.39, 0.29) is 30.2 Å². The van der Waals surface area contributed by atoms with Crippen molar-refractivity contribution in [2.75, 3.05) is 55.6 Å². The van der Waals surface area contributed by atoms with Crippen molar-refractivity contribution >= 4 is 27.4 Å². The van der Waals surface area contributed by atoms with Crippen molar-refractivity contribution in [3.63, 3.8) is 0 Å². The van der Waals surface area contributed by atoms with E-state index < -0.39 is 39.7 Å². The van der Waals surface area contributed by atoms with Crippen LogP contribution in [0.15, 0.2) is 47.4 Å². The van der Waals surface area contributed by atoms with Gasteiger partial charge in [-0.2, -0.15) is 17.5 Å². The van der Waals surface area contributed by atoms with E-state index >= 15 is 0 Å². The summed E-state index contributed by atoms with van der Waals surface area (Å²) in [5.74, 6) is -0.990. The summed E-state index contributed by atoms with van der Waals surface area (Å²) < 4.78 is 82.2. The number of primary amides is 1. The van der Waals surface area contributed by atoms with Gasteiger partial charge < -0.3 is 20.4 Å². The normalized spacial score (nSPS) is 20.0. The van der Waals surface area contributed by atoms with E-state index in [1.807, 2.05) is 4.90 Å². The van der Waals surface area contributed by atoms with Crippen LogP contribution >= 0.6 is 0 Å². The van der Waals surface area contributed by atoms with E-state index in [0.717, 1.165) is 12.1 Å². The number of halogens is 4. The highest BCUT2D eigenvalue weighted by Crippen LogP contribution is 2.38. The second-order valence-corrected chi connectivity index (χ2v) is 10.8. The molecule has 4 rings (SSSR count). The fourth-order valence-corrected chi connectivity index (χ4v) is 6.34. The van der Waals surface area contributed by atoms with Crippen molar-refractivity contribution in [1.29, 1.82) is 0 Å². The predicted molar refractivity (Wildman–Crippen MR) is 127 cm³/mol. The molecule has 2 aliphatic heterocycles. The number of nitrogens with zero attached hydrogens (tertiary/aromatic N) is 4. The highest BCUT2D eigenvalue weighted by Gasteiger charge is 2.39. The number of carbonyl (C=O) groups is 1. The van der Waals surface area contributed by atoms with Crippen LogP contribution in [0.1, 0.15) is 12.5 Å². The summed E-state index contributed by atoms with van der Waals surface area (Å²) in [5, 5.41) is 0. The molecule has 0 aromatic heterocycles. The lowest BCUT2D eigenvalue weighted by Gasteiger charge is -2.41. The first kappa shape index (κ1) is 26.0. The van der Waals surface area contributed by atoms with Crippen molar-refractivity contribution in [3.05, 3.63) is 53.8 Å². The third kappa shape index (κ3) is 5.21. The van der Waals surface area contributed by atoms with Crippen molar-refractivity contribution in [2.45, 2.75) is 24.0 Å². The molecule has 2 aromatic carbocycles. The van der Waals surface area contributed by atoms with Crippen LogP contribution < -0.4 is 15.5 Å². The minimum Gasteiger partial charge on any atom is -0.368 e. The van der Waals surface area contributed by atoms with Crippen molar-refractivity contribution in [1.82, 2.24) is 9.21 Å². The third-order valence-corrected chi connectivity index (χ3v) is 8.56. The van der Waals surface area contributed by atoms with E-state index in [1.54, 1.807) is 25.1 Å². The van der Waals surface area contributed by atoms with Crippen LogP contribution in [0.4, 0.5) is 33.7 Å². The lowest BCUT2D eigenvalue weighted by molar-refractivity contribution is -0.137. The van der Waals surface area contributed by atoms with Gasteiger partial charge in [-0.05, 0) is 43.3 Å². The molecule has 2 N–H and O–H groups in total. The van der Waals surface area contributed by atoms with Gasteiger partial charge in [-0.3, -0.25) is 0 Å². The molecule has 2 fully saturated rings. The lowest BCUT2D eigenvalue weighted by Crippen LogP contribution is -2.54. The average molecular weight is 530 g/mol. The van der Waals surface area contributed by atoms with Crippen LogP contribution in [0.5, 0.6) is 0 Å². The maximum Gasteiger partial charge on any atom is 0.418 e. The Hall–Kier alpha value is -3.06. The number of alkyl halides is 3. The van der Waals surface area contributed by atoms with Crippen LogP contribution in [-0.4, -0.2) is 75.5 Å². The summed E-state index contributed by atoms with van der Waals surface area (Å²) in [6.07, 6.45) is -4.74. The van der Waals surface area contributed by atoms with Gasteiger partial charge in [0.2, 0.25) is 10.0 Å². The van der Waals surface area contributed by atoms with Crippen LogP contribution in [0.3, 0.4) is 0 Å². The Morgan fingerprint density at radius 3 is 2.25 bits per heavy atom. The molecule has 0 bridgehead atoms. The Labute approximate surface area is 206 Å². The number of amides is 2. The minimum atomic E-state index is -4.74. The first-order chi connectivity index (χ1) is 16.9. The topological polar surface area (TPSA) is 90.2 Å². The lowest BCUT2D eigenvalue weighted by atomic mass is 10.1. The summed E-state index contributed by atoms with van der Waals surface area (Å²) in [4.78, 5) is 16.4. The first-order valence-electron chi connectivity index (χ1n) is 11.4. The van der Waals surface area contributed by atoms with Crippen molar-refractivity contribution in [2.24, 2.45) is 5.73 Å². The van der Waals surface area contributed by atoms with Crippen LogP contribution in [0.2, 0.25) is 0 Å². The number of anilines is 2. The number of urea groups is 1. The maximum absolute atomic E-state index is 13.5. The molecule has 2 amide bonds. The molecule has 0 radical (unpaired) electrons. The molecule has 0 spiro atoms. The number of hydrogen-bond donors (Lipinski definition) is 1. The van der Waals surface area contributed by atoms with E-state index in [9.17, 15) is 30.8 Å². The van der Waals surface area contributed by atoms with Gasteiger partial charge in [-0.15, -0.1) is 0 Å². The fraction of sp³-hybridized carbons (Fsp3) is 0.435.